The number of hydrogen-bond acceptors (Lipinski definition) is 1. The predicted octanol–water partition coefficient (Wildman–Crippen LogP) is 2.93. The SMILES string of the molecule is OC12c3ccccc3CC1Cc1cc(F)c(F)cc12. The zero-order valence-electron chi connectivity index (χ0n) is 10.2. The van der Waals surface area contributed by atoms with Crippen LogP contribution < -0.4 is 0 Å². The fourth-order valence-corrected chi connectivity index (χ4v) is 3.67. The lowest BCUT2D eigenvalue weighted by Gasteiger charge is -2.25. The van der Waals surface area contributed by atoms with Crippen LogP contribution in [-0.4, -0.2) is 5.11 Å². The Labute approximate surface area is 109 Å². The second-order valence-corrected chi connectivity index (χ2v) is 5.45. The third kappa shape index (κ3) is 1.26. The summed E-state index contributed by atoms with van der Waals surface area (Å²) < 4.78 is 26.8. The summed E-state index contributed by atoms with van der Waals surface area (Å²) in [5, 5.41) is 11.1. The van der Waals surface area contributed by atoms with Crippen molar-refractivity contribution in [2.75, 3.05) is 0 Å². The van der Waals surface area contributed by atoms with Crippen molar-refractivity contribution in [2.24, 2.45) is 5.92 Å². The Kier molecular flexibility index (Phi) is 2.00. The first-order valence-corrected chi connectivity index (χ1v) is 6.40. The number of halogens is 2. The number of hydrogen-bond donors (Lipinski definition) is 1. The van der Waals surface area contributed by atoms with E-state index in [0.29, 0.717) is 12.0 Å². The molecule has 1 nitrogen and oxygen atoms in total. The summed E-state index contributed by atoms with van der Waals surface area (Å²) in [5.41, 5.74) is 2.04. The van der Waals surface area contributed by atoms with E-state index in [9.17, 15) is 13.9 Å². The van der Waals surface area contributed by atoms with E-state index in [0.717, 1.165) is 29.2 Å². The topological polar surface area (TPSA) is 20.2 Å². The van der Waals surface area contributed by atoms with Gasteiger partial charge in [0.1, 0.15) is 5.60 Å². The van der Waals surface area contributed by atoms with E-state index in [1.54, 1.807) is 0 Å². The lowest BCUT2D eigenvalue weighted by molar-refractivity contribution is 0.0439. The summed E-state index contributed by atoms with van der Waals surface area (Å²) in [6.07, 6.45) is 1.35. The molecule has 0 bridgehead atoms. The molecule has 0 aromatic heterocycles. The molecule has 0 heterocycles. The van der Waals surface area contributed by atoms with Crippen LogP contribution >= 0.6 is 0 Å². The van der Waals surface area contributed by atoms with Crippen molar-refractivity contribution in [1.82, 2.24) is 0 Å². The van der Waals surface area contributed by atoms with Gasteiger partial charge in [-0.3, -0.25) is 0 Å². The number of fused-ring (bicyclic) bond motifs is 5. The summed E-state index contributed by atoms with van der Waals surface area (Å²) >= 11 is 0. The molecule has 2 aromatic carbocycles. The quantitative estimate of drug-likeness (QED) is 0.770. The van der Waals surface area contributed by atoms with Crippen LogP contribution in [0.1, 0.15) is 22.3 Å². The van der Waals surface area contributed by atoms with Gasteiger partial charge in [0, 0.05) is 5.92 Å². The molecule has 0 aliphatic heterocycles. The minimum absolute atomic E-state index is 0.0129. The van der Waals surface area contributed by atoms with Gasteiger partial charge in [0.2, 0.25) is 0 Å². The van der Waals surface area contributed by atoms with E-state index in [-0.39, 0.29) is 5.92 Å². The fourth-order valence-electron chi connectivity index (χ4n) is 3.67. The van der Waals surface area contributed by atoms with Crippen molar-refractivity contribution < 1.29 is 13.9 Å². The van der Waals surface area contributed by atoms with Crippen molar-refractivity contribution in [3.63, 3.8) is 0 Å². The first kappa shape index (κ1) is 11.1. The predicted molar refractivity (Wildman–Crippen MR) is 66.7 cm³/mol. The number of benzene rings is 2. The highest BCUT2D eigenvalue weighted by molar-refractivity contribution is 5.53. The van der Waals surface area contributed by atoms with E-state index in [1.165, 1.54) is 6.07 Å². The Hall–Kier alpha value is -1.74. The molecule has 0 radical (unpaired) electrons. The van der Waals surface area contributed by atoms with Crippen LogP contribution in [0.3, 0.4) is 0 Å². The maximum Gasteiger partial charge on any atom is 0.159 e. The molecule has 3 heteroatoms. The highest BCUT2D eigenvalue weighted by atomic mass is 19.2. The zero-order valence-corrected chi connectivity index (χ0v) is 10.2. The van der Waals surface area contributed by atoms with Gasteiger partial charge in [-0.1, -0.05) is 24.3 Å². The fraction of sp³-hybridized carbons (Fsp3) is 0.250. The molecule has 0 fully saturated rings. The molecule has 2 aromatic rings. The molecular formula is C16H12F2O. The van der Waals surface area contributed by atoms with Gasteiger partial charge in [0.05, 0.1) is 0 Å². The van der Waals surface area contributed by atoms with Gasteiger partial charge in [-0.05, 0) is 47.2 Å². The summed E-state index contributed by atoms with van der Waals surface area (Å²) in [4.78, 5) is 0. The summed E-state index contributed by atoms with van der Waals surface area (Å²) in [5.74, 6) is -1.74. The molecular weight excluding hydrogens is 246 g/mol. The van der Waals surface area contributed by atoms with Gasteiger partial charge in [0.25, 0.3) is 0 Å². The zero-order chi connectivity index (χ0) is 13.2. The largest absolute Gasteiger partial charge is 0.380 e. The molecule has 2 atom stereocenters. The number of rotatable bonds is 0. The monoisotopic (exact) mass is 258 g/mol. The molecule has 0 saturated carbocycles. The molecule has 0 saturated heterocycles. The smallest absolute Gasteiger partial charge is 0.159 e. The van der Waals surface area contributed by atoms with Crippen molar-refractivity contribution in [3.05, 3.63) is 70.3 Å². The molecule has 0 amide bonds. The van der Waals surface area contributed by atoms with Crippen LogP contribution in [0.2, 0.25) is 0 Å². The Balaban J connectivity index is 1.99. The Bertz CT molecular complexity index is 695. The second-order valence-electron chi connectivity index (χ2n) is 5.45. The minimum Gasteiger partial charge on any atom is -0.380 e. The van der Waals surface area contributed by atoms with E-state index in [2.05, 4.69) is 0 Å². The van der Waals surface area contributed by atoms with Crippen LogP contribution in [0.15, 0.2) is 36.4 Å². The van der Waals surface area contributed by atoms with Gasteiger partial charge in [-0.25, -0.2) is 8.78 Å². The van der Waals surface area contributed by atoms with Crippen molar-refractivity contribution >= 4 is 0 Å². The highest BCUT2D eigenvalue weighted by Gasteiger charge is 2.52. The molecule has 2 unspecified atom stereocenters. The van der Waals surface area contributed by atoms with Gasteiger partial charge in [0.15, 0.2) is 11.6 Å². The van der Waals surface area contributed by atoms with Gasteiger partial charge in [-0.2, -0.15) is 0 Å². The highest BCUT2D eigenvalue weighted by Crippen LogP contribution is 2.53. The molecule has 2 aliphatic carbocycles. The van der Waals surface area contributed by atoms with Crippen LogP contribution in [0.4, 0.5) is 8.78 Å². The normalized spacial score (nSPS) is 27.0. The maximum absolute atomic E-state index is 13.5. The van der Waals surface area contributed by atoms with E-state index in [1.807, 2.05) is 24.3 Å². The van der Waals surface area contributed by atoms with E-state index < -0.39 is 17.2 Å². The van der Waals surface area contributed by atoms with Crippen LogP contribution in [0, 0.1) is 17.6 Å². The lowest BCUT2D eigenvalue weighted by atomic mass is 9.86. The molecule has 19 heavy (non-hydrogen) atoms. The molecule has 0 spiro atoms. The molecule has 4 rings (SSSR count). The first-order chi connectivity index (χ1) is 9.10. The van der Waals surface area contributed by atoms with Crippen LogP contribution in [0.25, 0.3) is 0 Å². The Morgan fingerprint density at radius 2 is 1.63 bits per heavy atom. The Morgan fingerprint density at radius 1 is 0.947 bits per heavy atom. The van der Waals surface area contributed by atoms with E-state index in [4.69, 9.17) is 0 Å². The lowest BCUT2D eigenvalue weighted by Crippen LogP contribution is -2.28. The third-order valence-electron chi connectivity index (χ3n) is 4.51. The Morgan fingerprint density at radius 3 is 2.47 bits per heavy atom. The van der Waals surface area contributed by atoms with Gasteiger partial charge >= 0.3 is 0 Å². The molecule has 1 N–H and O–H groups in total. The standard InChI is InChI=1S/C16H12F2O/c17-14-7-10-6-11-5-9-3-1-2-4-12(9)16(11,19)13(10)8-15(14)18/h1-4,7-8,11,19H,5-6H2. The summed E-state index contributed by atoms with van der Waals surface area (Å²) in [6.45, 7) is 0. The number of aliphatic hydroxyl groups is 1. The van der Waals surface area contributed by atoms with Crippen LogP contribution in [0.5, 0.6) is 0 Å². The van der Waals surface area contributed by atoms with Crippen molar-refractivity contribution in [2.45, 2.75) is 18.4 Å². The third-order valence-corrected chi connectivity index (χ3v) is 4.51. The van der Waals surface area contributed by atoms with Crippen molar-refractivity contribution in [1.29, 1.82) is 0 Å². The van der Waals surface area contributed by atoms with Gasteiger partial charge < -0.3 is 5.11 Å². The van der Waals surface area contributed by atoms with Gasteiger partial charge in [-0.15, -0.1) is 0 Å². The summed E-state index contributed by atoms with van der Waals surface area (Å²) in [6, 6.07) is 10.1. The van der Waals surface area contributed by atoms with Crippen molar-refractivity contribution in [3.8, 4) is 0 Å². The summed E-state index contributed by atoms with van der Waals surface area (Å²) in [7, 11) is 0. The average molecular weight is 258 g/mol. The first-order valence-electron chi connectivity index (χ1n) is 6.40. The molecule has 96 valence electrons. The second kappa shape index (κ2) is 3.42. The minimum atomic E-state index is -1.15. The van der Waals surface area contributed by atoms with E-state index >= 15 is 0 Å². The maximum atomic E-state index is 13.5. The average Bonchev–Trinajstić information content (AvgIpc) is 2.81. The van der Waals surface area contributed by atoms with Crippen LogP contribution in [-0.2, 0) is 18.4 Å². The molecule has 2 aliphatic rings.